The Hall–Kier alpha value is -3.07. The number of rotatable bonds is 10. The first kappa shape index (κ1) is 26.0. The van der Waals surface area contributed by atoms with Gasteiger partial charge in [0, 0.05) is 42.9 Å². The smallest absolute Gasteiger partial charge is 0.322 e. The Balaban J connectivity index is 1.48. The van der Waals surface area contributed by atoms with E-state index in [-0.39, 0.29) is 6.03 Å². The molecule has 36 heavy (non-hydrogen) atoms. The van der Waals surface area contributed by atoms with Crippen molar-refractivity contribution >= 4 is 27.6 Å². The van der Waals surface area contributed by atoms with Crippen LogP contribution in [0.4, 0.5) is 10.5 Å². The van der Waals surface area contributed by atoms with Crippen LogP contribution in [0.3, 0.4) is 0 Å². The molecule has 1 aliphatic rings. The molecule has 1 N–H and O–H groups in total. The second kappa shape index (κ2) is 13.3. The highest BCUT2D eigenvalue weighted by molar-refractivity contribution is 9.10. The number of hydrogen-bond donors (Lipinski definition) is 1. The van der Waals surface area contributed by atoms with Crippen LogP contribution in [0.5, 0.6) is 11.5 Å². The lowest BCUT2D eigenvalue weighted by atomic mass is 10.2. The highest BCUT2D eigenvalue weighted by Gasteiger charge is 2.18. The molecule has 1 heterocycles. The van der Waals surface area contributed by atoms with Crippen molar-refractivity contribution in [3.63, 3.8) is 0 Å². The third-order valence-corrected chi connectivity index (χ3v) is 6.48. The van der Waals surface area contributed by atoms with E-state index in [0.29, 0.717) is 31.2 Å². The molecule has 7 nitrogen and oxygen atoms in total. The predicted molar refractivity (Wildman–Crippen MR) is 145 cm³/mol. The average Bonchev–Trinajstić information content (AvgIpc) is 2.91. The number of carbonyl (C=O) groups excluding carboxylic acids is 1. The lowest BCUT2D eigenvalue weighted by Gasteiger charge is -2.30. The van der Waals surface area contributed by atoms with Crippen LogP contribution in [0.1, 0.15) is 11.1 Å². The molecule has 1 aliphatic heterocycles. The SMILES string of the molecule is COc1ccc(CN(CCN2CCOCC2)C(=O)Nc2cccc(Br)c2)cc1OCc1ccccc1. The number of morpholine rings is 1. The zero-order chi connectivity index (χ0) is 25.2. The molecule has 4 rings (SSSR count). The molecule has 3 aromatic rings. The van der Waals surface area contributed by atoms with E-state index in [4.69, 9.17) is 14.2 Å². The Labute approximate surface area is 221 Å². The summed E-state index contributed by atoms with van der Waals surface area (Å²) in [7, 11) is 1.63. The monoisotopic (exact) mass is 553 g/mol. The van der Waals surface area contributed by atoms with E-state index in [2.05, 4.69) is 26.1 Å². The van der Waals surface area contributed by atoms with Gasteiger partial charge in [0.1, 0.15) is 6.61 Å². The number of methoxy groups -OCH3 is 1. The zero-order valence-corrected chi connectivity index (χ0v) is 22.1. The number of hydrogen-bond acceptors (Lipinski definition) is 5. The van der Waals surface area contributed by atoms with E-state index in [9.17, 15) is 4.79 Å². The van der Waals surface area contributed by atoms with Crippen LogP contribution in [0.2, 0.25) is 0 Å². The molecule has 190 valence electrons. The van der Waals surface area contributed by atoms with Gasteiger partial charge in [0.25, 0.3) is 0 Å². The number of benzene rings is 3. The summed E-state index contributed by atoms with van der Waals surface area (Å²) in [5.74, 6) is 1.31. The van der Waals surface area contributed by atoms with Gasteiger partial charge in [0.2, 0.25) is 0 Å². The van der Waals surface area contributed by atoms with Crippen molar-refractivity contribution in [1.29, 1.82) is 0 Å². The van der Waals surface area contributed by atoms with E-state index in [1.807, 2.05) is 77.7 Å². The van der Waals surface area contributed by atoms with Gasteiger partial charge >= 0.3 is 6.03 Å². The maximum atomic E-state index is 13.3. The first-order chi connectivity index (χ1) is 17.6. The van der Waals surface area contributed by atoms with Crippen molar-refractivity contribution in [1.82, 2.24) is 9.80 Å². The van der Waals surface area contributed by atoms with Gasteiger partial charge in [-0.1, -0.05) is 58.4 Å². The van der Waals surface area contributed by atoms with E-state index >= 15 is 0 Å². The fourth-order valence-corrected chi connectivity index (χ4v) is 4.40. The quantitative estimate of drug-likeness (QED) is 0.364. The largest absolute Gasteiger partial charge is 0.493 e. The molecule has 0 atom stereocenters. The second-order valence-corrected chi connectivity index (χ2v) is 9.49. The molecule has 0 aromatic heterocycles. The van der Waals surface area contributed by atoms with Gasteiger partial charge in [-0.15, -0.1) is 0 Å². The Morgan fingerprint density at radius 2 is 1.81 bits per heavy atom. The highest BCUT2D eigenvalue weighted by Crippen LogP contribution is 2.29. The summed E-state index contributed by atoms with van der Waals surface area (Å²) in [6, 6.07) is 23.3. The van der Waals surface area contributed by atoms with Crippen LogP contribution >= 0.6 is 15.9 Å². The Bertz CT molecular complexity index is 1120. The summed E-state index contributed by atoms with van der Waals surface area (Å²) in [6.45, 7) is 5.45. The third-order valence-electron chi connectivity index (χ3n) is 5.99. The molecule has 0 aliphatic carbocycles. The summed E-state index contributed by atoms with van der Waals surface area (Å²) >= 11 is 3.47. The normalized spacial score (nSPS) is 13.7. The van der Waals surface area contributed by atoms with Crippen molar-refractivity contribution in [3.05, 3.63) is 88.4 Å². The summed E-state index contributed by atoms with van der Waals surface area (Å²) in [4.78, 5) is 17.5. The lowest BCUT2D eigenvalue weighted by molar-refractivity contribution is 0.0349. The van der Waals surface area contributed by atoms with Gasteiger partial charge < -0.3 is 24.4 Å². The van der Waals surface area contributed by atoms with Crippen molar-refractivity contribution in [2.24, 2.45) is 0 Å². The maximum Gasteiger partial charge on any atom is 0.322 e. The zero-order valence-electron chi connectivity index (χ0n) is 20.5. The van der Waals surface area contributed by atoms with Crippen LogP contribution in [-0.4, -0.2) is 62.3 Å². The molecule has 1 saturated heterocycles. The third kappa shape index (κ3) is 7.71. The summed E-state index contributed by atoms with van der Waals surface area (Å²) in [6.07, 6.45) is 0. The van der Waals surface area contributed by atoms with Gasteiger partial charge in [-0.25, -0.2) is 4.79 Å². The average molecular weight is 554 g/mol. The van der Waals surface area contributed by atoms with E-state index in [1.54, 1.807) is 7.11 Å². The number of urea groups is 1. The minimum Gasteiger partial charge on any atom is -0.493 e. The molecule has 2 amide bonds. The molecule has 0 radical (unpaired) electrons. The number of anilines is 1. The van der Waals surface area contributed by atoms with Gasteiger partial charge in [0.15, 0.2) is 11.5 Å². The molecule has 8 heteroatoms. The molecule has 1 fully saturated rings. The maximum absolute atomic E-state index is 13.3. The van der Waals surface area contributed by atoms with Crippen LogP contribution in [0.15, 0.2) is 77.3 Å². The van der Waals surface area contributed by atoms with Gasteiger partial charge in [-0.2, -0.15) is 0 Å². The first-order valence-electron chi connectivity index (χ1n) is 12.1. The minimum atomic E-state index is -0.149. The molecule has 0 saturated carbocycles. The summed E-state index contributed by atoms with van der Waals surface area (Å²) < 4.78 is 18.0. The number of carbonyl (C=O) groups is 1. The summed E-state index contributed by atoms with van der Waals surface area (Å²) in [5.41, 5.74) is 2.78. The Morgan fingerprint density at radius 3 is 2.56 bits per heavy atom. The standard InChI is InChI=1S/C28H32BrN3O4/c1-34-26-11-10-23(18-27(26)36-21-22-6-3-2-4-7-22)20-32(13-12-31-14-16-35-17-15-31)28(33)30-25-9-5-8-24(29)19-25/h2-11,18-19H,12-17,20-21H2,1H3,(H,30,33). The van der Waals surface area contributed by atoms with Gasteiger partial charge in [-0.3, -0.25) is 4.90 Å². The summed E-state index contributed by atoms with van der Waals surface area (Å²) in [5, 5.41) is 3.03. The second-order valence-electron chi connectivity index (χ2n) is 8.58. The van der Waals surface area contributed by atoms with Gasteiger partial charge in [0.05, 0.1) is 20.3 Å². The molecular formula is C28H32BrN3O4. The van der Waals surface area contributed by atoms with Crippen LogP contribution in [-0.2, 0) is 17.9 Å². The van der Waals surface area contributed by atoms with Crippen molar-refractivity contribution in [3.8, 4) is 11.5 Å². The van der Waals surface area contributed by atoms with Crippen LogP contribution < -0.4 is 14.8 Å². The van der Waals surface area contributed by atoms with Gasteiger partial charge in [-0.05, 0) is 41.5 Å². The van der Waals surface area contributed by atoms with Crippen LogP contribution in [0.25, 0.3) is 0 Å². The highest BCUT2D eigenvalue weighted by atomic mass is 79.9. The lowest BCUT2D eigenvalue weighted by Crippen LogP contribution is -2.44. The number of halogens is 1. The Kier molecular flexibility index (Phi) is 9.61. The number of ether oxygens (including phenoxy) is 3. The van der Waals surface area contributed by atoms with E-state index in [0.717, 1.165) is 54.1 Å². The fourth-order valence-electron chi connectivity index (χ4n) is 4.00. The fraction of sp³-hybridized carbons (Fsp3) is 0.321. The molecule has 0 spiro atoms. The molecule has 0 bridgehead atoms. The van der Waals surface area contributed by atoms with E-state index in [1.165, 1.54) is 0 Å². The van der Waals surface area contributed by atoms with E-state index < -0.39 is 0 Å². The first-order valence-corrected chi connectivity index (χ1v) is 12.9. The predicted octanol–water partition coefficient (Wildman–Crippen LogP) is 5.40. The van der Waals surface area contributed by atoms with Crippen molar-refractivity contribution < 1.29 is 19.0 Å². The number of nitrogens with one attached hydrogen (secondary N) is 1. The molecular weight excluding hydrogens is 522 g/mol. The Morgan fingerprint density at radius 1 is 1.00 bits per heavy atom. The minimum absolute atomic E-state index is 0.149. The molecule has 3 aromatic carbocycles. The number of nitrogens with zero attached hydrogens (tertiary/aromatic N) is 2. The van der Waals surface area contributed by atoms with Crippen molar-refractivity contribution in [2.45, 2.75) is 13.2 Å². The number of amides is 2. The molecule has 0 unspecified atom stereocenters. The van der Waals surface area contributed by atoms with Crippen molar-refractivity contribution in [2.75, 3.05) is 51.8 Å². The van der Waals surface area contributed by atoms with Crippen LogP contribution in [0, 0.1) is 0 Å². The topological polar surface area (TPSA) is 63.3 Å².